The van der Waals surface area contributed by atoms with Crippen LogP contribution in [-0.2, 0) is 0 Å². The lowest BCUT2D eigenvalue weighted by Gasteiger charge is -2.28. The molecule has 3 aromatic heterocycles. The summed E-state index contributed by atoms with van der Waals surface area (Å²) in [5.41, 5.74) is 4.92. The van der Waals surface area contributed by atoms with Crippen LogP contribution in [-0.4, -0.2) is 39.8 Å². The van der Waals surface area contributed by atoms with Crippen molar-refractivity contribution in [3.05, 3.63) is 100 Å². The molecule has 1 aliphatic rings. The highest BCUT2D eigenvalue weighted by Gasteiger charge is 2.27. The highest BCUT2D eigenvalue weighted by Crippen LogP contribution is 2.37. The summed E-state index contributed by atoms with van der Waals surface area (Å²) < 4.78 is 6.96. The number of rotatable bonds is 7. The predicted molar refractivity (Wildman–Crippen MR) is 155 cm³/mol. The normalized spacial score (nSPS) is 14.4. The molecule has 2 N–H and O–H groups in total. The molecule has 1 unspecified atom stereocenters. The van der Waals surface area contributed by atoms with Gasteiger partial charge in [0.1, 0.15) is 23.1 Å². The van der Waals surface area contributed by atoms with Crippen LogP contribution in [0.4, 0.5) is 17.3 Å². The molecule has 0 spiro atoms. The Bertz CT molecular complexity index is 1620. The summed E-state index contributed by atoms with van der Waals surface area (Å²) in [4.78, 5) is 26.3. The molecule has 0 bridgehead atoms. The van der Waals surface area contributed by atoms with Crippen LogP contribution < -0.4 is 20.5 Å². The maximum atomic E-state index is 14.3. The minimum absolute atomic E-state index is 0.137. The molecule has 39 heavy (non-hydrogen) atoms. The number of nitrogens with one attached hydrogen (secondary N) is 2. The Hall–Kier alpha value is -4.59. The Labute approximate surface area is 227 Å². The maximum absolute atomic E-state index is 14.3. The van der Waals surface area contributed by atoms with E-state index in [2.05, 4.69) is 32.4 Å². The van der Waals surface area contributed by atoms with Crippen LogP contribution in [0.3, 0.4) is 0 Å². The number of pyridine rings is 1. The van der Waals surface area contributed by atoms with E-state index in [1.165, 1.54) is 6.42 Å². The van der Waals surface area contributed by atoms with E-state index in [1.807, 2.05) is 67.6 Å². The fourth-order valence-electron chi connectivity index (χ4n) is 5.40. The van der Waals surface area contributed by atoms with E-state index < -0.39 is 0 Å². The van der Waals surface area contributed by atoms with Gasteiger partial charge in [-0.3, -0.25) is 9.89 Å². The molecule has 8 heteroatoms. The predicted octanol–water partition coefficient (Wildman–Crippen LogP) is 5.98. The topological polar surface area (TPSA) is 87.5 Å². The second-order valence-electron chi connectivity index (χ2n) is 9.92. The average molecular weight is 521 g/mol. The Morgan fingerprint density at radius 1 is 0.949 bits per heavy atom. The van der Waals surface area contributed by atoms with Gasteiger partial charge in [-0.25, -0.2) is 9.97 Å². The molecule has 8 nitrogen and oxygen atoms in total. The van der Waals surface area contributed by atoms with Crippen LogP contribution in [0.1, 0.15) is 43.2 Å². The van der Waals surface area contributed by atoms with Crippen molar-refractivity contribution < 1.29 is 4.74 Å². The Morgan fingerprint density at radius 2 is 1.69 bits per heavy atom. The summed E-state index contributed by atoms with van der Waals surface area (Å²) in [5.74, 6) is 1.68. The number of nitrogens with zero attached hydrogens (tertiary/aromatic N) is 4. The van der Waals surface area contributed by atoms with Gasteiger partial charge in [0.2, 0.25) is 0 Å². The maximum Gasteiger partial charge on any atom is 0.278 e. The lowest BCUT2D eigenvalue weighted by Crippen LogP contribution is -2.30. The molecule has 1 atom stereocenters. The molecule has 0 radical (unpaired) electrons. The number of ether oxygens (including phenoxy) is 1. The number of hydrogen-bond donors (Lipinski definition) is 2. The van der Waals surface area contributed by atoms with Gasteiger partial charge in [-0.05, 0) is 49.1 Å². The highest BCUT2D eigenvalue weighted by molar-refractivity contribution is 5.87. The first-order chi connectivity index (χ1) is 19.1. The Balaban J connectivity index is 1.59. The summed E-state index contributed by atoms with van der Waals surface area (Å²) in [6.07, 6.45) is 5.16. The van der Waals surface area contributed by atoms with Crippen molar-refractivity contribution >= 4 is 23.0 Å². The number of aromatic nitrogens is 4. The standard InChI is InChI=1S/C31H32N6O2/c1-21(22-14-16-24(39-2)17-15-22)26-29(33-25-13-7-8-18-32-25)34-30-28(36-19-9-4-10-20-36)27(35-37(30)31(26)38)23-11-5-3-6-12-23/h3,5-8,11-18,21,35H,4,9-10,19-20H2,1-2H3,(H,32,33). The first-order valence-corrected chi connectivity index (χ1v) is 13.4. The lowest BCUT2D eigenvalue weighted by atomic mass is 9.94. The minimum Gasteiger partial charge on any atom is -0.497 e. The molecule has 2 aromatic carbocycles. The lowest BCUT2D eigenvalue weighted by molar-refractivity contribution is 0.414. The first kappa shape index (κ1) is 24.7. The number of anilines is 3. The molecular weight excluding hydrogens is 488 g/mol. The first-order valence-electron chi connectivity index (χ1n) is 13.4. The molecule has 6 rings (SSSR count). The fraction of sp³-hybridized carbons (Fsp3) is 0.258. The molecule has 5 aromatic rings. The van der Waals surface area contributed by atoms with Crippen molar-refractivity contribution in [1.29, 1.82) is 0 Å². The van der Waals surface area contributed by atoms with E-state index in [-0.39, 0.29) is 11.5 Å². The number of benzene rings is 2. The quantitative estimate of drug-likeness (QED) is 0.275. The van der Waals surface area contributed by atoms with Crippen LogP contribution in [0.5, 0.6) is 5.75 Å². The molecule has 198 valence electrons. The van der Waals surface area contributed by atoms with Gasteiger partial charge in [-0.1, -0.05) is 55.5 Å². The molecule has 1 aliphatic heterocycles. The zero-order chi connectivity index (χ0) is 26.8. The zero-order valence-electron chi connectivity index (χ0n) is 22.2. The van der Waals surface area contributed by atoms with Crippen LogP contribution in [0.2, 0.25) is 0 Å². The highest BCUT2D eigenvalue weighted by atomic mass is 16.5. The van der Waals surface area contributed by atoms with Crippen LogP contribution in [0, 0.1) is 0 Å². The number of H-pyrrole nitrogens is 1. The van der Waals surface area contributed by atoms with E-state index in [1.54, 1.807) is 17.8 Å². The van der Waals surface area contributed by atoms with Gasteiger partial charge >= 0.3 is 0 Å². The second-order valence-corrected chi connectivity index (χ2v) is 9.92. The van der Waals surface area contributed by atoms with E-state index >= 15 is 0 Å². The van der Waals surface area contributed by atoms with Gasteiger partial charge in [0.15, 0.2) is 5.65 Å². The summed E-state index contributed by atoms with van der Waals surface area (Å²) in [5, 5.41) is 6.80. The van der Waals surface area contributed by atoms with Gasteiger partial charge in [0, 0.05) is 30.8 Å². The van der Waals surface area contributed by atoms with Crippen LogP contribution in [0.15, 0.2) is 83.8 Å². The van der Waals surface area contributed by atoms with Crippen molar-refractivity contribution in [2.45, 2.75) is 32.1 Å². The van der Waals surface area contributed by atoms with Crippen molar-refractivity contribution in [2.24, 2.45) is 0 Å². The number of methoxy groups -OCH3 is 1. The SMILES string of the molecule is COc1ccc(C(C)c2c(Nc3ccccn3)nc3c(N4CCCCC4)c(-c4ccccc4)[nH]n3c2=O)cc1. The summed E-state index contributed by atoms with van der Waals surface area (Å²) in [6.45, 7) is 3.88. The van der Waals surface area contributed by atoms with Crippen molar-refractivity contribution in [3.8, 4) is 17.0 Å². The summed E-state index contributed by atoms with van der Waals surface area (Å²) >= 11 is 0. The molecule has 0 aliphatic carbocycles. The van der Waals surface area contributed by atoms with Gasteiger partial charge in [0.05, 0.1) is 18.4 Å². The molecular formula is C31H32N6O2. The molecule has 0 saturated carbocycles. The number of aromatic amines is 1. The van der Waals surface area contributed by atoms with Crippen molar-refractivity contribution in [3.63, 3.8) is 0 Å². The smallest absolute Gasteiger partial charge is 0.278 e. The third-order valence-corrected chi connectivity index (χ3v) is 7.49. The minimum atomic E-state index is -0.235. The Kier molecular flexibility index (Phi) is 6.75. The zero-order valence-corrected chi connectivity index (χ0v) is 22.2. The second kappa shape index (κ2) is 10.6. The van der Waals surface area contributed by atoms with Crippen LogP contribution >= 0.6 is 0 Å². The van der Waals surface area contributed by atoms with Crippen LogP contribution in [0.25, 0.3) is 16.9 Å². The monoisotopic (exact) mass is 520 g/mol. The number of fused-ring (bicyclic) bond motifs is 1. The summed E-state index contributed by atoms with van der Waals surface area (Å²) in [6, 6.07) is 23.6. The average Bonchev–Trinajstić information content (AvgIpc) is 3.38. The number of hydrogen-bond acceptors (Lipinski definition) is 6. The van der Waals surface area contributed by atoms with Crippen molar-refractivity contribution in [2.75, 3.05) is 30.4 Å². The fourth-order valence-corrected chi connectivity index (χ4v) is 5.40. The van der Waals surface area contributed by atoms with Gasteiger partial charge < -0.3 is 15.0 Å². The number of piperidine rings is 1. The van der Waals surface area contributed by atoms with E-state index in [0.29, 0.717) is 22.8 Å². The van der Waals surface area contributed by atoms with Gasteiger partial charge in [-0.2, -0.15) is 4.52 Å². The molecule has 1 saturated heterocycles. The molecule has 1 fully saturated rings. The van der Waals surface area contributed by atoms with E-state index in [0.717, 1.165) is 54.2 Å². The third kappa shape index (κ3) is 4.74. The summed E-state index contributed by atoms with van der Waals surface area (Å²) in [7, 11) is 1.65. The largest absolute Gasteiger partial charge is 0.497 e. The third-order valence-electron chi connectivity index (χ3n) is 7.49. The van der Waals surface area contributed by atoms with Gasteiger partial charge in [0.25, 0.3) is 5.56 Å². The molecule has 0 amide bonds. The Morgan fingerprint density at radius 3 is 2.38 bits per heavy atom. The van der Waals surface area contributed by atoms with E-state index in [9.17, 15) is 4.79 Å². The molecule has 4 heterocycles. The van der Waals surface area contributed by atoms with Crippen molar-refractivity contribution in [1.82, 2.24) is 19.6 Å². The van der Waals surface area contributed by atoms with Gasteiger partial charge in [-0.15, -0.1) is 0 Å². The van der Waals surface area contributed by atoms with E-state index in [4.69, 9.17) is 9.72 Å².